The third-order valence-corrected chi connectivity index (χ3v) is 7.92. The van der Waals surface area contributed by atoms with Crippen molar-refractivity contribution >= 4 is 11.6 Å². The fraction of sp³-hybridized carbons (Fsp3) is 0.630. The second kappa shape index (κ2) is 12.8. The van der Waals surface area contributed by atoms with Crippen LogP contribution in [0.1, 0.15) is 52.3 Å². The molecular formula is C27H42N8O4. The van der Waals surface area contributed by atoms with E-state index in [4.69, 9.17) is 10.2 Å². The molecule has 2 aliphatic heterocycles. The summed E-state index contributed by atoms with van der Waals surface area (Å²) < 4.78 is 5.41. The SMILES string of the molecule is CC/C(=C\C=C(/C)O)C(CO)N1CCC(N2CCN(c3nc(N)c(-c4nnc(C)o4)[nH]c3=O)CC2CC)CC1. The summed E-state index contributed by atoms with van der Waals surface area (Å²) in [4.78, 5) is 27.2. The molecule has 2 unspecified atom stereocenters. The molecule has 12 nitrogen and oxygen atoms in total. The molecule has 0 saturated carbocycles. The van der Waals surface area contributed by atoms with Crippen molar-refractivity contribution in [1.82, 2.24) is 30.0 Å². The van der Waals surface area contributed by atoms with Crippen molar-refractivity contribution in [3.05, 3.63) is 39.7 Å². The summed E-state index contributed by atoms with van der Waals surface area (Å²) >= 11 is 0. The Kier molecular flexibility index (Phi) is 9.41. The first-order valence-electron chi connectivity index (χ1n) is 13.9. The number of piperazine rings is 1. The summed E-state index contributed by atoms with van der Waals surface area (Å²) in [5.41, 5.74) is 7.22. The van der Waals surface area contributed by atoms with Gasteiger partial charge < -0.3 is 30.2 Å². The van der Waals surface area contributed by atoms with E-state index in [2.05, 4.69) is 43.8 Å². The van der Waals surface area contributed by atoms with Crippen LogP contribution < -0.4 is 16.2 Å². The number of nitrogens with two attached hydrogens (primary N) is 1. The van der Waals surface area contributed by atoms with E-state index in [0.29, 0.717) is 30.8 Å². The zero-order valence-electron chi connectivity index (χ0n) is 23.4. The van der Waals surface area contributed by atoms with Crippen LogP contribution in [0.25, 0.3) is 11.6 Å². The molecule has 39 heavy (non-hydrogen) atoms. The summed E-state index contributed by atoms with van der Waals surface area (Å²) in [5.74, 6) is 1.26. The van der Waals surface area contributed by atoms with Crippen molar-refractivity contribution in [3.63, 3.8) is 0 Å². The average Bonchev–Trinajstić information content (AvgIpc) is 3.37. The number of anilines is 2. The third-order valence-electron chi connectivity index (χ3n) is 7.92. The van der Waals surface area contributed by atoms with Gasteiger partial charge in [0.1, 0.15) is 5.69 Å². The predicted molar refractivity (Wildman–Crippen MR) is 151 cm³/mol. The summed E-state index contributed by atoms with van der Waals surface area (Å²) in [6.07, 6.45) is 7.45. The normalized spacial score (nSPS) is 21.5. The maximum absolute atomic E-state index is 13.0. The Morgan fingerprint density at radius 3 is 2.54 bits per heavy atom. The van der Waals surface area contributed by atoms with E-state index in [1.54, 1.807) is 19.9 Å². The molecule has 2 aromatic heterocycles. The van der Waals surface area contributed by atoms with Gasteiger partial charge in [-0.2, -0.15) is 0 Å². The minimum atomic E-state index is -0.326. The van der Waals surface area contributed by atoms with Crippen LogP contribution in [0.4, 0.5) is 11.6 Å². The summed E-state index contributed by atoms with van der Waals surface area (Å²) in [6, 6.07) is 0.696. The highest BCUT2D eigenvalue weighted by Gasteiger charge is 2.35. The van der Waals surface area contributed by atoms with Crippen molar-refractivity contribution in [2.45, 2.75) is 71.5 Å². The number of aromatic nitrogens is 4. The lowest BCUT2D eigenvalue weighted by Gasteiger charge is -2.48. The van der Waals surface area contributed by atoms with Gasteiger partial charge in [-0.3, -0.25) is 14.6 Å². The second-order valence-electron chi connectivity index (χ2n) is 10.4. The van der Waals surface area contributed by atoms with Crippen molar-refractivity contribution in [2.24, 2.45) is 0 Å². The maximum Gasteiger partial charge on any atom is 0.291 e. The zero-order chi connectivity index (χ0) is 28.1. The molecule has 2 atom stereocenters. The number of hydrogen-bond acceptors (Lipinski definition) is 11. The Hall–Kier alpha value is -3.22. The summed E-state index contributed by atoms with van der Waals surface area (Å²) in [6.45, 7) is 11.7. The van der Waals surface area contributed by atoms with E-state index in [1.807, 2.05) is 11.0 Å². The maximum atomic E-state index is 13.0. The van der Waals surface area contributed by atoms with Gasteiger partial charge in [-0.05, 0) is 38.7 Å². The van der Waals surface area contributed by atoms with Crippen LogP contribution >= 0.6 is 0 Å². The van der Waals surface area contributed by atoms with Crippen molar-refractivity contribution in [3.8, 4) is 11.6 Å². The predicted octanol–water partition coefficient (Wildman–Crippen LogP) is 2.23. The van der Waals surface area contributed by atoms with Crippen molar-refractivity contribution < 1.29 is 14.6 Å². The molecule has 4 rings (SSSR count). The highest BCUT2D eigenvalue weighted by molar-refractivity contribution is 5.64. The Morgan fingerprint density at radius 2 is 1.95 bits per heavy atom. The van der Waals surface area contributed by atoms with Crippen LogP contribution in [0.15, 0.2) is 32.7 Å². The molecule has 0 radical (unpaired) electrons. The topological polar surface area (TPSA) is 161 Å². The number of hydrogen-bond donors (Lipinski definition) is 4. The molecule has 4 heterocycles. The molecule has 0 bridgehead atoms. The monoisotopic (exact) mass is 542 g/mol. The summed E-state index contributed by atoms with van der Waals surface area (Å²) in [7, 11) is 0. The number of rotatable bonds is 9. The van der Waals surface area contributed by atoms with Crippen molar-refractivity contribution in [1.29, 1.82) is 0 Å². The van der Waals surface area contributed by atoms with E-state index in [9.17, 15) is 15.0 Å². The van der Waals surface area contributed by atoms with Gasteiger partial charge in [-0.1, -0.05) is 25.5 Å². The van der Waals surface area contributed by atoms with Crippen molar-refractivity contribution in [2.75, 3.05) is 50.0 Å². The molecule has 0 aliphatic carbocycles. The molecule has 5 N–H and O–H groups in total. The first kappa shape index (κ1) is 28.8. The van der Waals surface area contributed by atoms with Gasteiger partial charge in [0, 0.05) is 51.7 Å². The van der Waals surface area contributed by atoms with Crippen LogP contribution in [0.5, 0.6) is 0 Å². The lowest BCUT2D eigenvalue weighted by molar-refractivity contribution is 0.0433. The van der Waals surface area contributed by atoms with E-state index in [-0.39, 0.29) is 47.4 Å². The second-order valence-corrected chi connectivity index (χ2v) is 10.4. The number of nitrogens with zero attached hydrogens (tertiary/aromatic N) is 6. The highest BCUT2D eigenvalue weighted by atomic mass is 16.4. The quantitative estimate of drug-likeness (QED) is 0.272. The van der Waals surface area contributed by atoms with Crippen LogP contribution in [0, 0.1) is 6.92 Å². The first-order valence-corrected chi connectivity index (χ1v) is 13.9. The number of H-pyrrole nitrogens is 1. The summed E-state index contributed by atoms with van der Waals surface area (Å²) in [5, 5.41) is 27.5. The number of aliphatic hydroxyl groups is 2. The Labute approximate surface area is 229 Å². The molecule has 2 saturated heterocycles. The van der Waals surface area contributed by atoms with Gasteiger partial charge in [0.15, 0.2) is 11.6 Å². The van der Waals surface area contributed by atoms with Gasteiger partial charge in [0.05, 0.1) is 18.4 Å². The molecular weight excluding hydrogens is 500 g/mol. The highest BCUT2D eigenvalue weighted by Crippen LogP contribution is 2.28. The fourth-order valence-corrected chi connectivity index (χ4v) is 5.82. The number of likely N-dealkylation sites (tertiary alicyclic amines) is 1. The minimum absolute atomic E-state index is 0.0346. The van der Waals surface area contributed by atoms with E-state index >= 15 is 0 Å². The standard InChI is InChI=1S/C27H42N8O4/c1-5-19(8-7-17(3)37)22(16-36)33-11-9-21(10-12-33)35-14-13-34(15-20(35)6-2)25-26(38)29-23(24(28)30-25)27-32-31-18(4)39-27/h7-8,20-22,36-37H,5-6,9-16H2,1-4H3,(H2,28,30)(H,29,38)/b17-7+,19-8+. The number of allylic oxidation sites excluding steroid dienone is 3. The Balaban J connectivity index is 1.41. The van der Waals surface area contributed by atoms with E-state index in [1.165, 1.54) is 0 Å². The van der Waals surface area contributed by atoms with Crippen LogP contribution in [-0.2, 0) is 0 Å². The molecule has 2 aromatic rings. The lowest BCUT2D eigenvalue weighted by atomic mass is 9.95. The molecule has 2 fully saturated rings. The largest absolute Gasteiger partial charge is 0.513 e. The van der Waals surface area contributed by atoms with Crippen LogP contribution in [-0.4, -0.2) is 97.6 Å². The number of aryl methyl sites for hydroxylation is 1. The van der Waals surface area contributed by atoms with Gasteiger partial charge >= 0.3 is 0 Å². The van der Waals surface area contributed by atoms with Crippen LogP contribution in [0.2, 0.25) is 0 Å². The molecule has 0 spiro atoms. The smallest absolute Gasteiger partial charge is 0.291 e. The van der Waals surface area contributed by atoms with Gasteiger partial charge in [0.2, 0.25) is 5.89 Å². The number of aliphatic hydroxyl groups excluding tert-OH is 2. The molecule has 214 valence electrons. The fourth-order valence-electron chi connectivity index (χ4n) is 5.82. The third kappa shape index (κ3) is 6.51. The van der Waals surface area contributed by atoms with E-state index < -0.39 is 0 Å². The minimum Gasteiger partial charge on any atom is -0.513 e. The molecule has 0 amide bonds. The number of aromatic amines is 1. The van der Waals surface area contributed by atoms with Gasteiger partial charge in [-0.15, -0.1) is 10.2 Å². The first-order chi connectivity index (χ1) is 18.7. The van der Waals surface area contributed by atoms with Gasteiger partial charge in [0.25, 0.3) is 11.4 Å². The Morgan fingerprint density at radius 1 is 1.21 bits per heavy atom. The molecule has 12 heteroatoms. The lowest BCUT2D eigenvalue weighted by Crippen LogP contribution is -2.59. The van der Waals surface area contributed by atoms with Crippen LogP contribution in [0.3, 0.4) is 0 Å². The number of nitrogen functional groups attached to an aromatic ring is 1. The molecule has 0 aromatic carbocycles. The Bertz CT molecular complexity index is 1230. The van der Waals surface area contributed by atoms with Gasteiger partial charge in [-0.25, -0.2) is 4.98 Å². The zero-order valence-corrected chi connectivity index (χ0v) is 23.4. The number of nitrogens with one attached hydrogen (secondary N) is 1. The average molecular weight is 543 g/mol. The van der Waals surface area contributed by atoms with E-state index in [0.717, 1.165) is 50.9 Å². The number of piperidine rings is 1. The molecule has 2 aliphatic rings.